The molecule has 1 aliphatic rings. The highest BCUT2D eigenvalue weighted by Crippen LogP contribution is 2.23. The quantitative estimate of drug-likeness (QED) is 0.893. The number of halogens is 1. The molecule has 0 bridgehead atoms. The summed E-state index contributed by atoms with van der Waals surface area (Å²) in [5.74, 6) is 0. The van der Waals surface area contributed by atoms with E-state index < -0.39 is 5.60 Å². The van der Waals surface area contributed by atoms with Crippen molar-refractivity contribution >= 4 is 32.4 Å². The molecule has 0 radical (unpaired) electrons. The zero-order valence-corrected chi connectivity index (χ0v) is 10.6. The van der Waals surface area contributed by atoms with E-state index in [0.29, 0.717) is 32.6 Å². The van der Waals surface area contributed by atoms with Crippen LogP contribution in [0.15, 0.2) is 9.98 Å². The second kappa shape index (κ2) is 4.78. The van der Waals surface area contributed by atoms with Gasteiger partial charge in [0.05, 0.1) is 5.60 Å². The van der Waals surface area contributed by atoms with Crippen molar-refractivity contribution < 1.29 is 9.84 Å². The Hall–Kier alpha value is -0.170. The highest BCUT2D eigenvalue weighted by molar-refractivity contribution is 9.10. The lowest BCUT2D eigenvalue weighted by molar-refractivity contribution is -0.0543. The van der Waals surface area contributed by atoms with Gasteiger partial charge in [0, 0.05) is 38.0 Å². The van der Waals surface area contributed by atoms with Crippen molar-refractivity contribution in [2.75, 3.05) is 25.1 Å². The number of thiazole rings is 1. The summed E-state index contributed by atoms with van der Waals surface area (Å²) in [6, 6.07) is 0. The Bertz CT molecular complexity index is 326. The molecule has 84 valence electrons. The van der Waals surface area contributed by atoms with Gasteiger partial charge in [-0.3, -0.25) is 0 Å². The number of nitrogens with one attached hydrogen (secondary N) is 1. The van der Waals surface area contributed by atoms with Gasteiger partial charge in [-0.1, -0.05) is 0 Å². The van der Waals surface area contributed by atoms with Gasteiger partial charge in [-0.15, -0.1) is 11.3 Å². The van der Waals surface area contributed by atoms with Gasteiger partial charge in [0.25, 0.3) is 0 Å². The van der Waals surface area contributed by atoms with Crippen LogP contribution in [0.1, 0.15) is 12.8 Å². The van der Waals surface area contributed by atoms with Crippen LogP contribution in [0.3, 0.4) is 0 Å². The predicted octanol–water partition coefficient (Wildman–Crippen LogP) is 1.86. The molecule has 2 rings (SSSR count). The van der Waals surface area contributed by atoms with Gasteiger partial charge in [-0.25, -0.2) is 4.98 Å². The molecule has 1 aliphatic heterocycles. The molecule has 1 aromatic rings. The molecule has 6 heteroatoms. The van der Waals surface area contributed by atoms with Crippen LogP contribution < -0.4 is 5.32 Å². The Balaban J connectivity index is 1.86. The van der Waals surface area contributed by atoms with E-state index in [4.69, 9.17) is 4.74 Å². The first-order valence-electron chi connectivity index (χ1n) is 4.83. The fourth-order valence-electron chi connectivity index (χ4n) is 1.50. The van der Waals surface area contributed by atoms with E-state index in [1.165, 1.54) is 11.3 Å². The van der Waals surface area contributed by atoms with Crippen molar-refractivity contribution in [1.29, 1.82) is 0 Å². The third-order valence-electron chi connectivity index (χ3n) is 2.47. The molecular formula is C9H13BrN2O2S. The smallest absolute Gasteiger partial charge is 0.183 e. The lowest BCUT2D eigenvalue weighted by atomic mass is 9.95. The third-order valence-corrected chi connectivity index (χ3v) is 3.98. The molecule has 1 fully saturated rings. The van der Waals surface area contributed by atoms with Gasteiger partial charge >= 0.3 is 0 Å². The molecule has 0 unspecified atom stereocenters. The highest BCUT2D eigenvalue weighted by atomic mass is 79.9. The average Bonchev–Trinajstić information content (AvgIpc) is 2.63. The van der Waals surface area contributed by atoms with Crippen molar-refractivity contribution in [2.45, 2.75) is 18.4 Å². The second-order valence-corrected chi connectivity index (χ2v) is 5.34. The van der Waals surface area contributed by atoms with Crippen molar-refractivity contribution in [3.05, 3.63) is 9.98 Å². The number of rotatable bonds is 3. The average molecular weight is 293 g/mol. The van der Waals surface area contributed by atoms with Crippen LogP contribution in [0, 0.1) is 0 Å². The standard InChI is InChI=1S/C9H13BrN2O2S/c10-7-5-15-8(12-7)11-6-9(13)1-3-14-4-2-9/h5,13H,1-4,6H2,(H,11,12). The minimum atomic E-state index is -0.642. The van der Waals surface area contributed by atoms with E-state index in [1.807, 2.05) is 5.38 Å². The summed E-state index contributed by atoms with van der Waals surface area (Å²) in [7, 11) is 0. The predicted molar refractivity (Wildman–Crippen MR) is 63.3 cm³/mol. The minimum Gasteiger partial charge on any atom is -0.388 e. The number of nitrogens with zero attached hydrogens (tertiary/aromatic N) is 1. The summed E-state index contributed by atoms with van der Waals surface area (Å²) < 4.78 is 6.04. The Morgan fingerprint density at radius 1 is 1.60 bits per heavy atom. The van der Waals surface area contributed by atoms with Crippen molar-refractivity contribution in [3.63, 3.8) is 0 Å². The van der Waals surface area contributed by atoms with Gasteiger partial charge in [0.2, 0.25) is 0 Å². The molecule has 15 heavy (non-hydrogen) atoms. The summed E-state index contributed by atoms with van der Waals surface area (Å²) in [5, 5.41) is 16.1. The van der Waals surface area contributed by atoms with Crippen LogP contribution in [0.4, 0.5) is 5.13 Å². The molecule has 0 aliphatic carbocycles. The minimum absolute atomic E-state index is 0.538. The highest BCUT2D eigenvalue weighted by Gasteiger charge is 2.29. The van der Waals surface area contributed by atoms with Gasteiger partial charge in [-0.2, -0.15) is 0 Å². The first-order valence-corrected chi connectivity index (χ1v) is 6.50. The molecule has 0 atom stereocenters. The van der Waals surface area contributed by atoms with Crippen LogP contribution >= 0.6 is 27.3 Å². The van der Waals surface area contributed by atoms with E-state index in [-0.39, 0.29) is 0 Å². The maximum atomic E-state index is 10.2. The second-order valence-electron chi connectivity index (χ2n) is 3.67. The molecule has 1 saturated heterocycles. The largest absolute Gasteiger partial charge is 0.388 e. The topological polar surface area (TPSA) is 54.4 Å². The molecule has 1 aromatic heterocycles. The maximum absolute atomic E-state index is 10.2. The number of anilines is 1. The number of hydrogen-bond donors (Lipinski definition) is 2. The Labute approximate surface area is 101 Å². The van der Waals surface area contributed by atoms with E-state index in [0.717, 1.165) is 9.73 Å². The zero-order chi connectivity index (χ0) is 10.7. The van der Waals surface area contributed by atoms with Gasteiger partial charge in [0.1, 0.15) is 4.60 Å². The van der Waals surface area contributed by atoms with Crippen LogP contribution in [-0.4, -0.2) is 35.5 Å². The van der Waals surface area contributed by atoms with Crippen molar-refractivity contribution in [3.8, 4) is 0 Å². The van der Waals surface area contributed by atoms with Crippen LogP contribution in [0.25, 0.3) is 0 Å². The van der Waals surface area contributed by atoms with Gasteiger partial charge in [-0.05, 0) is 15.9 Å². The summed E-state index contributed by atoms with van der Waals surface area (Å²) >= 11 is 4.81. The first-order chi connectivity index (χ1) is 7.18. The summed E-state index contributed by atoms with van der Waals surface area (Å²) in [6.45, 7) is 1.82. The number of aromatic nitrogens is 1. The van der Waals surface area contributed by atoms with Crippen molar-refractivity contribution in [2.24, 2.45) is 0 Å². The molecule has 2 N–H and O–H groups in total. The van der Waals surface area contributed by atoms with Crippen LogP contribution in [0.2, 0.25) is 0 Å². The SMILES string of the molecule is OC1(CNc2nc(Br)cs2)CCOCC1. The van der Waals surface area contributed by atoms with E-state index in [2.05, 4.69) is 26.2 Å². The third kappa shape index (κ3) is 3.14. The Morgan fingerprint density at radius 3 is 2.93 bits per heavy atom. The van der Waals surface area contributed by atoms with E-state index in [1.54, 1.807) is 0 Å². The molecular weight excluding hydrogens is 280 g/mol. The van der Waals surface area contributed by atoms with E-state index in [9.17, 15) is 5.11 Å². The maximum Gasteiger partial charge on any atom is 0.183 e. The van der Waals surface area contributed by atoms with E-state index >= 15 is 0 Å². The monoisotopic (exact) mass is 292 g/mol. The molecule has 0 spiro atoms. The summed E-state index contributed by atoms with van der Waals surface area (Å²) in [5.41, 5.74) is -0.642. The van der Waals surface area contributed by atoms with Crippen molar-refractivity contribution in [1.82, 2.24) is 4.98 Å². The Morgan fingerprint density at radius 2 is 2.33 bits per heavy atom. The first kappa shape index (κ1) is 11.3. The van der Waals surface area contributed by atoms with Crippen LogP contribution in [-0.2, 0) is 4.74 Å². The van der Waals surface area contributed by atoms with Gasteiger partial charge in [0.15, 0.2) is 5.13 Å². The molecule has 0 aromatic carbocycles. The number of ether oxygens (including phenoxy) is 1. The number of aliphatic hydroxyl groups is 1. The molecule has 2 heterocycles. The summed E-state index contributed by atoms with van der Waals surface area (Å²) in [4.78, 5) is 4.21. The summed E-state index contributed by atoms with van der Waals surface area (Å²) in [6.07, 6.45) is 1.37. The van der Waals surface area contributed by atoms with Gasteiger partial charge < -0.3 is 15.2 Å². The molecule has 0 saturated carbocycles. The normalized spacial score (nSPS) is 20.1. The lowest BCUT2D eigenvalue weighted by Gasteiger charge is -2.31. The number of hydrogen-bond acceptors (Lipinski definition) is 5. The molecule has 4 nitrogen and oxygen atoms in total. The zero-order valence-electron chi connectivity index (χ0n) is 8.20. The van der Waals surface area contributed by atoms with Crippen LogP contribution in [0.5, 0.6) is 0 Å². The Kier molecular flexibility index (Phi) is 3.60. The lowest BCUT2D eigenvalue weighted by Crippen LogP contribution is -2.42. The molecule has 0 amide bonds. The fourth-order valence-corrected chi connectivity index (χ4v) is 2.65. The fraction of sp³-hybridized carbons (Fsp3) is 0.667.